The summed E-state index contributed by atoms with van der Waals surface area (Å²) in [7, 11) is 0. The molecule has 1 amide bonds. The van der Waals surface area contributed by atoms with E-state index in [4.69, 9.17) is 9.47 Å². The highest BCUT2D eigenvalue weighted by molar-refractivity contribution is 14.1. The molecule has 0 radical (unpaired) electrons. The molecule has 0 fully saturated rings. The first-order chi connectivity index (χ1) is 14.3. The number of aromatic nitrogens is 2. The predicted octanol–water partition coefficient (Wildman–Crippen LogP) is 3.49. The Balaban J connectivity index is 1.89. The van der Waals surface area contributed by atoms with Crippen molar-refractivity contribution in [2.45, 2.75) is 25.9 Å². The molecule has 30 heavy (non-hydrogen) atoms. The number of carbonyl (C=O) groups excluding carboxylic acids is 2. The van der Waals surface area contributed by atoms with Crippen LogP contribution >= 0.6 is 56.9 Å². The number of hydrogen-bond acceptors (Lipinski definition) is 8. The third-order valence-corrected chi connectivity index (χ3v) is 5.81. The van der Waals surface area contributed by atoms with E-state index >= 15 is 0 Å². The first kappa shape index (κ1) is 24.8. The van der Waals surface area contributed by atoms with Crippen molar-refractivity contribution in [3.63, 3.8) is 0 Å². The zero-order valence-corrected chi connectivity index (χ0v) is 21.7. The Hall–Kier alpha value is -1.48. The highest BCUT2D eigenvalue weighted by Crippen LogP contribution is 2.28. The second-order valence-electron chi connectivity index (χ2n) is 5.92. The fourth-order valence-corrected chi connectivity index (χ4v) is 5.09. The second-order valence-corrected chi connectivity index (χ2v) is 9.19. The van der Waals surface area contributed by atoms with Gasteiger partial charge in [0.1, 0.15) is 5.75 Å². The number of nitrogens with zero attached hydrogens (tertiary/aromatic N) is 3. The van der Waals surface area contributed by atoms with Crippen molar-refractivity contribution in [2.75, 3.05) is 19.0 Å². The number of esters is 1. The maximum atomic E-state index is 12.0. The van der Waals surface area contributed by atoms with E-state index in [1.165, 1.54) is 11.8 Å². The van der Waals surface area contributed by atoms with Crippen LogP contribution in [0.2, 0.25) is 0 Å². The number of amides is 1. The molecule has 0 unspecified atom stereocenters. The van der Waals surface area contributed by atoms with Gasteiger partial charge in [-0.2, -0.15) is 5.10 Å². The molecule has 0 aliphatic heterocycles. The SMILES string of the molecule is CCOC(=O)COc1c(I)cc(/C=N\NC(=O)CSc2nc(C)cc(C)n2)cc1I. The number of aryl methyl sites for hydroxylation is 2. The minimum absolute atomic E-state index is 0.148. The number of hydrazone groups is 1. The van der Waals surface area contributed by atoms with Crippen LogP contribution < -0.4 is 10.2 Å². The maximum absolute atomic E-state index is 12.0. The Morgan fingerprint density at radius 1 is 1.17 bits per heavy atom. The quantitative estimate of drug-likeness (QED) is 0.110. The molecule has 0 saturated heterocycles. The largest absolute Gasteiger partial charge is 0.480 e. The van der Waals surface area contributed by atoms with Crippen molar-refractivity contribution in [3.05, 3.63) is 42.3 Å². The van der Waals surface area contributed by atoms with E-state index < -0.39 is 5.97 Å². The Morgan fingerprint density at radius 3 is 2.40 bits per heavy atom. The molecular formula is C19H20I2N4O4S. The summed E-state index contributed by atoms with van der Waals surface area (Å²) in [4.78, 5) is 32.0. The topological polar surface area (TPSA) is 103 Å². The number of benzene rings is 1. The highest BCUT2D eigenvalue weighted by atomic mass is 127. The zero-order valence-electron chi connectivity index (χ0n) is 16.6. The fourth-order valence-electron chi connectivity index (χ4n) is 2.22. The van der Waals surface area contributed by atoms with E-state index in [9.17, 15) is 9.59 Å². The molecule has 0 saturated carbocycles. The van der Waals surface area contributed by atoms with Gasteiger partial charge in [0, 0.05) is 11.4 Å². The van der Waals surface area contributed by atoms with Gasteiger partial charge < -0.3 is 9.47 Å². The summed E-state index contributed by atoms with van der Waals surface area (Å²) in [6, 6.07) is 5.57. The van der Waals surface area contributed by atoms with Gasteiger partial charge in [-0.15, -0.1) is 0 Å². The van der Waals surface area contributed by atoms with Gasteiger partial charge in [-0.05, 0) is 89.7 Å². The Morgan fingerprint density at radius 2 is 1.80 bits per heavy atom. The Bertz CT molecular complexity index is 913. The molecule has 1 aromatic carbocycles. The summed E-state index contributed by atoms with van der Waals surface area (Å²) >= 11 is 5.50. The number of carbonyl (C=O) groups is 2. The number of thioether (sulfide) groups is 1. The summed E-state index contributed by atoms with van der Waals surface area (Å²) < 4.78 is 12.1. The molecule has 2 rings (SSSR count). The van der Waals surface area contributed by atoms with Crippen molar-refractivity contribution in [1.82, 2.24) is 15.4 Å². The van der Waals surface area contributed by atoms with Gasteiger partial charge in [0.2, 0.25) is 0 Å². The van der Waals surface area contributed by atoms with Crippen LogP contribution in [-0.4, -0.2) is 47.0 Å². The molecule has 0 spiro atoms. The third kappa shape index (κ3) is 8.34. The number of hydrogen-bond donors (Lipinski definition) is 1. The molecule has 0 aliphatic carbocycles. The highest BCUT2D eigenvalue weighted by Gasteiger charge is 2.11. The van der Waals surface area contributed by atoms with Crippen molar-refractivity contribution in [3.8, 4) is 5.75 Å². The minimum atomic E-state index is -0.415. The van der Waals surface area contributed by atoms with E-state index in [2.05, 4.69) is 65.7 Å². The maximum Gasteiger partial charge on any atom is 0.344 e. The first-order valence-corrected chi connectivity index (χ1v) is 12.0. The summed E-state index contributed by atoms with van der Waals surface area (Å²) in [5.74, 6) is 0.102. The molecule has 0 atom stereocenters. The van der Waals surface area contributed by atoms with Crippen LogP contribution in [0.5, 0.6) is 5.75 Å². The lowest BCUT2D eigenvalue weighted by molar-refractivity contribution is -0.145. The predicted molar refractivity (Wildman–Crippen MR) is 132 cm³/mol. The first-order valence-electron chi connectivity index (χ1n) is 8.83. The molecule has 2 aromatic rings. The molecule has 8 nitrogen and oxygen atoms in total. The van der Waals surface area contributed by atoms with Crippen LogP contribution in [0.15, 0.2) is 28.5 Å². The average molecular weight is 654 g/mol. The number of nitrogens with one attached hydrogen (secondary N) is 1. The third-order valence-electron chi connectivity index (χ3n) is 3.36. The zero-order chi connectivity index (χ0) is 22.1. The van der Waals surface area contributed by atoms with E-state index in [1.54, 1.807) is 13.1 Å². The normalized spacial score (nSPS) is 10.8. The molecule has 11 heteroatoms. The molecule has 1 aromatic heterocycles. The van der Waals surface area contributed by atoms with Crippen molar-refractivity contribution >= 4 is 75.0 Å². The molecule has 1 heterocycles. The standard InChI is InChI=1S/C19H20I2N4O4S/c1-4-28-17(27)9-29-18-14(20)6-13(7-15(18)21)8-22-25-16(26)10-30-19-23-11(2)5-12(3)24-19/h5-8H,4,9-10H2,1-3H3,(H,25,26)/b22-8-. The Kier molecular flexibility index (Phi) is 10.2. The summed E-state index contributed by atoms with van der Waals surface area (Å²) in [5.41, 5.74) is 5.01. The van der Waals surface area contributed by atoms with E-state index in [0.717, 1.165) is 24.1 Å². The van der Waals surface area contributed by atoms with Crippen LogP contribution in [0.25, 0.3) is 0 Å². The van der Waals surface area contributed by atoms with Crippen molar-refractivity contribution in [1.29, 1.82) is 0 Å². The van der Waals surface area contributed by atoms with Gasteiger partial charge >= 0.3 is 5.97 Å². The lowest BCUT2D eigenvalue weighted by Gasteiger charge is -2.10. The van der Waals surface area contributed by atoms with Gasteiger partial charge in [0.25, 0.3) is 5.91 Å². The number of ether oxygens (including phenoxy) is 2. The van der Waals surface area contributed by atoms with Crippen LogP contribution in [0, 0.1) is 21.0 Å². The van der Waals surface area contributed by atoms with Crippen molar-refractivity contribution in [2.24, 2.45) is 5.10 Å². The van der Waals surface area contributed by atoms with Gasteiger partial charge in [-0.25, -0.2) is 20.2 Å². The van der Waals surface area contributed by atoms with Crippen LogP contribution in [0.4, 0.5) is 0 Å². The average Bonchev–Trinajstić information content (AvgIpc) is 2.65. The van der Waals surface area contributed by atoms with Crippen LogP contribution in [0.3, 0.4) is 0 Å². The van der Waals surface area contributed by atoms with Gasteiger partial charge in [-0.3, -0.25) is 4.79 Å². The molecule has 0 aliphatic rings. The van der Waals surface area contributed by atoms with Gasteiger partial charge in [0.05, 0.1) is 25.7 Å². The summed E-state index contributed by atoms with van der Waals surface area (Å²) in [6.07, 6.45) is 1.55. The van der Waals surface area contributed by atoms with E-state index in [-0.39, 0.29) is 18.3 Å². The lowest BCUT2D eigenvalue weighted by atomic mass is 10.2. The smallest absolute Gasteiger partial charge is 0.344 e. The monoisotopic (exact) mass is 654 g/mol. The lowest BCUT2D eigenvalue weighted by Crippen LogP contribution is -2.20. The van der Waals surface area contributed by atoms with Crippen molar-refractivity contribution < 1.29 is 19.1 Å². The number of halogens is 2. The summed E-state index contributed by atoms with van der Waals surface area (Å²) in [5, 5.41) is 4.56. The minimum Gasteiger partial charge on any atom is -0.480 e. The van der Waals surface area contributed by atoms with E-state index in [0.29, 0.717) is 17.5 Å². The van der Waals surface area contributed by atoms with Crippen LogP contribution in [0.1, 0.15) is 23.9 Å². The Labute approximate surface area is 206 Å². The molecular weight excluding hydrogens is 634 g/mol. The molecule has 160 valence electrons. The number of rotatable bonds is 9. The fraction of sp³-hybridized carbons (Fsp3) is 0.316. The summed E-state index contributed by atoms with van der Waals surface area (Å²) in [6.45, 7) is 5.69. The second kappa shape index (κ2) is 12.4. The van der Waals surface area contributed by atoms with Crippen LogP contribution in [-0.2, 0) is 14.3 Å². The van der Waals surface area contributed by atoms with E-state index in [1.807, 2.05) is 32.0 Å². The van der Waals surface area contributed by atoms with Gasteiger partial charge in [0.15, 0.2) is 11.8 Å². The molecule has 0 bridgehead atoms. The molecule has 1 N–H and O–H groups in total. The van der Waals surface area contributed by atoms with Gasteiger partial charge in [-0.1, -0.05) is 11.8 Å².